The van der Waals surface area contributed by atoms with Gasteiger partial charge in [0.05, 0.1) is 31.9 Å². The maximum atomic E-state index is 13.4. The Hall–Kier alpha value is -3.38. The molecule has 224 valence electrons. The third-order valence-corrected chi connectivity index (χ3v) is 9.56. The molecule has 0 radical (unpaired) electrons. The Bertz CT molecular complexity index is 1350. The van der Waals surface area contributed by atoms with Crippen LogP contribution in [0.2, 0.25) is 0 Å². The summed E-state index contributed by atoms with van der Waals surface area (Å²) in [5.74, 6) is -0.846. The highest BCUT2D eigenvalue weighted by molar-refractivity contribution is 8.08. The molecule has 0 saturated heterocycles. The lowest BCUT2D eigenvalue weighted by Crippen LogP contribution is -2.13. The summed E-state index contributed by atoms with van der Waals surface area (Å²) < 4.78 is 11.9. The average Bonchev–Trinajstić information content (AvgIpc) is 3.42. The number of nitro benzene ring substituents is 2. The van der Waals surface area contributed by atoms with E-state index in [1.165, 1.54) is 24.3 Å². The zero-order chi connectivity index (χ0) is 30.6. The third-order valence-electron chi connectivity index (χ3n) is 7.13. The van der Waals surface area contributed by atoms with E-state index < -0.39 is 21.4 Å². The number of ether oxygens (including phenoxy) is 2. The largest absolute Gasteiger partial charge is 0.484 e. The molecule has 0 unspecified atom stereocenters. The number of benzene rings is 2. The molecular formula is C30H34N2O8S2. The smallest absolute Gasteiger partial charge is 0.311 e. The number of carbonyl (C=O) groups is 2. The predicted octanol–water partition coefficient (Wildman–Crippen LogP) is 8.69. The van der Waals surface area contributed by atoms with E-state index in [1.54, 1.807) is 0 Å². The van der Waals surface area contributed by atoms with Crippen LogP contribution < -0.4 is 9.47 Å². The third kappa shape index (κ3) is 6.81. The van der Waals surface area contributed by atoms with E-state index in [2.05, 4.69) is 13.8 Å². The number of Topliss-reactive ketones (excluding diaryl/α,β-unsaturated/α-hetero) is 2. The lowest BCUT2D eigenvalue weighted by atomic mass is 10.1. The summed E-state index contributed by atoms with van der Waals surface area (Å²) in [5, 5.41) is 23.7. The van der Waals surface area contributed by atoms with Crippen molar-refractivity contribution in [3.63, 3.8) is 0 Å². The number of unbranched alkanes of at least 4 members (excludes halogenated alkanes) is 4. The summed E-state index contributed by atoms with van der Waals surface area (Å²) in [6.45, 7) is 7.89. The van der Waals surface area contributed by atoms with Crippen molar-refractivity contribution in [3.05, 3.63) is 65.4 Å². The molecule has 0 spiro atoms. The molecule has 2 aliphatic heterocycles. The van der Waals surface area contributed by atoms with Crippen LogP contribution in [0.15, 0.2) is 43.9 Å². The lowest BCUT2D eigenvalue weighted by molar-refractivity contribution is -0.386. The lowest BCUT2D eigenvalue weighted by Gasteiger charge is -2.15. The number of fused-ring (bicyclic) bond motifs is 2. The van der Waals surface area contributed by atoms with Crippen LogP contribution in [0.25, 0.3) is 0 Å². The first-order chi connectivity index (χ1) is 20.0. The minimum absolute atomic E-state index is 0.0773. The van der Waals surface area contributed by atoms with Crippen molar-refractivity contribution in [2.75, 3.05) is 0 Å². The van der Waals surface area contributed by atoms with Gasteiger partial charge in [0.2, 0.25) is 11.6 Å². The summed E-state index contributed by atoms with van der Waals surface area (Å²) >= 11 is 2.11. The van der Waals surface area contributed by atoms with Gasteiger partial charge in [-0.05, 0) is 39.5 Å². The van der Waals surface area contributed by atoms with Crippen LogP contribution in [0.4, 0.5) is 11.4 Å². The van der Waals surface area contributed by atoms with Crippen molar-refractivity contribution in [1.29, 1.82) is 0 Å². The van der Waals surface area contributed by atoms with Gasteiger partial charge in [0.25, 0.3) is 0 Å². The van der Waals surface area contributed by atoms with Gasteiger partial charge in [-0.3, -0.25) is 29.8 Å². The first kappa shape index (κ1) is 31.6. The van der Waals surface area contributed by atoms with Crippen molar-refractivity contribution in [2.24, 2.45) is 0 Å². The minimum atomic E-state index is -0.577. The van der Waals surface area contributed by atoms with Crippen LogP contribution in [0, 0.1) is 20.2 Å². The van der Waals surface area contributed by atoms with Crippen molar-refractivity contribution in [2.45, 2.75) is 101 Å². The summed E-state index contributed by atoms with van der Waals surface area (Å²) in [6.07, 6.45) is 6.99. The van der Waals surface area contributed by atoms with E-state index in [0.29, 0.717) is 9.79 Å². The monoisotopic (exact) mass is 614 g/mol. The highest BCUT2D eigenvalue weighted by Crippen LogP contribution is 2.53. The molecule has 4 rings (SSSR count). The average molecular weight is 615 g/mol. The molecule has 0 saturated carbocycles. The Kier molecular flexibility index (Phi) is 10.3. The van der Waals surface area contributed by atoms with Crippen molar-refractivity contribution in [3.8, 4) is 11.5 Å². The van der Waals surface area contributed by atoms with Gasteiger partial charge in [0, 0.05) is 45.2 Å². The molecule has 10 nitrogen and oxygen atoms in total. The fourth-order valence-corrected chi connectivity index (χ4v) is 7.19. The molecule has 0 aliphatic carbocycles. The topological polar surface area (TPSA) is 139 Å². The molecule has 2 atom stereocenters. The van der Waals surface area contributed by atoms with Gasteiger partial charge in [-0.15, -0.1) is 0 Å². The van der Waals surface area contributed by atoms with Gasteiger partial charge in [0.15, 0.2) is 11.5 Å². The number of thioether (sulfide) groups is 2. The Labute approximate surface area is 252 Å². The van der Waals surface area contributed by atoms with E-state index >= 15 is 0 Å². The second kappa shape index (κ2) is 13.7. The minimum Gasteiger partial charge on any atom is -0.484 e. The molecule has 2 aliphatic rings. The van der Waals surface area contributed by atoms with Gasteiger partial charge in [0.1, 0.15) is 0 Å². The SMILES string of the molecule is CCCCC[C@@H](C)Oc1cc2c(cc1[N+](=O)[O-])C(=O)/C(=C1\Sc3cc(O[C@H](C)CCCCC)c([N+](=O)[O-])cc3C1=O)S2. The molecule has 42 heavy (non-hydrogen) atoms. The van der Waals surface area contributed by atoms with Crippen LogP contribution in [-0.2, 0) is 0 Å². The molecule has 0 bridgehead atoms. The summed E-state index contributed by atoms with van der Waals surface area (Å²) in [4.78, 5) is 50.6. The number of nitrogens with zero attached hydrogens (tertiary/aromatic N) is 2. The molecule has 12 heteroatoms. The molecular weight excluding hydrogens is 580 g/mol. The highest BCUT2D eigenvalue weighted by Gasteiger charge is 2.39. The first-order valence-electron chi connectivity index (χ1n) is 14.2. The Balaban J connectivity index is 1.63. The Morgan fingerprint density at radius 1 is 0.690 bits per heavy atom. The van der Waals surface area contributed by atoms with Crippen molar-refractivity contribution < 1.29 is 28.9 Å². The van der Waals surface area contributed by atoms with Crippen LogP contribution in [0.5, 0.6) is 11.5 Å². The quantitative estimate of drug-likeness (QED) is 0.0878. The van der Waals surface area contributed by atoms with E-state index in [9.17, 15) is 29.8 Å². The fourth-order valence-electron chi connectivity index (χ4n) is 4.87. The number of hydrogen-bond donors (Lipinski definition) is 0. The van der Waals surface area contributed by atoms with E-state index in [-0.39, 0.29) is 56.0 Å². The van der Waals surface area contributed by atoms with E-state index in [0.717, 1.165) is 74.9 Å². The molecule has 2 aromatic carbocycles. The first-order valence-corrected chi connectivity index (χ1v) is 15.9. The van der Waals surface area contributed by atoms with Gasteiger partial charge in [-0.25, -0.2) is 0 Å². The van der Waals surface area contributed by atoms with Gasteiger partial charge >= 0.3 is 11.4 Å². The number of rotatable bonds is 14. The maximum absolute atomic E-state index is 13.4. The molecule has 2 aromatic rings. The highest BCUT2D eigenvalue weighted by atomic mass is 32.2. The Morgan fingerprint density at radius 2 is 1.07 bits per heavy atom. The summed E-state index contributed by atoms with van der Waals surface area (Å²) in [5.41, 5.74) is -0.369. The zero-order valence-electron chi connectivity index (χ0n) is 24.1. The maximum Gasteiger partial charge on any atom is 0.311 e. The number of hydrogen-bond acceptors (Lipinski definition) is 10. The molecule has 2 heterocycles. The van der Waals surface area contributed by atoms with Crippen LogP contribution in [-0.4, -0.2) is 33.6 Å². The number of nitro groups is 2. The standard InChI is InChI=1S/C30H34N2O8S2/c1-5-7-9-11-17(3)39-23-15-25-19(13-21(23)31(35)36)27(33)29(41-25)30-28(34)20-14-22(32(37)38)24(16-26(20)42-30)40-18(4)12-10-8-6-2/h13-18H,5-12H2,1-4H3/b30-29+/t17-,18-/m1/s1. The second-order valence-electron chi connectivity index (χ2n) is 10.5. The predicted molar refractivity (Wildman–Crippen MR) is 162 cm³/mol. The normalized spacial score (nSPS) is 17.1. The van der Waals surface area contributed by atoms with Crippen LogP contribution in [0.3, 0.4) is 0 Å². The van der Waals surface area contributed by atoms with Gasteiger partial charge in [-0.2, -0.15) is 0 Å². The van der Waals surface area contributed by atoms with E-state index in [1.807, 2.05) is 13.8 Å². The molecule has 0 aromatic heterocycles. The summed E-state index contributed by atoms with van der Waals surface area (Å²) in [6, 6.07) is 5.41. The van der Waals surface area contributed by atoms with Crippen molar-refractivity contribution >= 4 is 46.5 Å². The Morgan fingerprint density at radius 3 is 1.40 bits per heavy atom. The number of allylic oxidation sites excluding steroid dienone is 2. The zero-order valence-corrected chi connectivity index (χ0v) is 25.7. The van der Waals surface area contributed by atoms with Crippen LogP contribution >= 0.6 is 23.5 Å². The molecule has 0 N–H and O–H groups in total. The van der Waals surface area contributed by atoms with Crippen LogP contribution in [0.1, 0.15) is 99.8 Å². The van der Waals surface area contributed by atoms with Crippen molar-refractivity contribution in [1.82, 2.24) is 0 Å². The second-order valence-corrected chi connectivity index (χ2v) is 12.6. The van der Waals surface area contributed by atoms with E-state index in [4.69, 9.17) is 9.47 Å². The molecule has 0 fully saturated rings. The van der Waals surface area contributed by atoms with Gasteiger partial charge in [-0.1, -0.05) is 63.1 Å². The summed E-state index contributed by atoms with van der Waals surface area (Å²) in [7, 11) is 0. The van der Waals surface area contributed by atoms with Gasteiger partial charge < -0.3 is 9.47 Å². The number of ketones is 2. The number of carbonyl (C=O) groups excluding carboxylic acids is 2. The fraction of sp³-hybridized carbons (Fsp3) is 0.467. The molecule has 0 amide bonds.